The third kappa shape index (κ3) is 3.44. The highest BCUT2D eigenvalue weighted by Gasteiger charge is 2.40. The van der Waals surface area contributed by atoms with Crippen molar-refractivity contribution >= 4 is 17.5 Å². The van der Waals surface area contributed by atoms with Crippen LogP contribution in [0.1, 0.15) is 37.2 Å². The molecular weight excluding hydrogens is 352 g/mol. The van der Waals surface area contributed by atoms with Crippen molar-refractivity contribution in [2.24, 2.45) is 13.0 Å². The number of piperidine rings is 3. The van der Waals surface area contributed by atoms with Crippen LogP contribution >= 0.6 is 0 Å². The first-order valence-corrected chi connectivity index (χ1v) is 10.0. The quantitative estimate of drug-likeness (QED) is 0.857. The third-order valence-electron chi connectivity index (χ3n) is 6.33. The van der Waals surface area contributed by atoms with Crippen LogP contribution in [0, 0.1) is 5.92 Å². The van der Waals surface area contributed by atoms with Crippen LogP contribution in [-0.4, -0.2) is 46.5 Å². The van der Waals surface area contributed by atoms with E-state index in [0.29, 0.717) is 17.7 Å². The van der Waals surface area contributed by atoms with Crippen molar-refractivity contribution in [3.05, 3.63) is 42.1 Å². The fourth-order valence-electron chi connectivity index (χ4n) is 4.73. The van der Waals surface area contributed by atoms with E-state index in [-0.39, 0.29) is 17.9 Å². The average Bonchev–Trinajstić information content (AvgIpc) is 3.06. The number of nitrogens with zero attached hydrogens (tertiary/aromatic N) is 2. The maximum absolute atomic E-state index is 13.0. The van der Waals surface area contributed by atoms with Crippen molar-refractivity contribution in [2.75, 3.05) is 18.4 Å². The summed E-state index contributed by atoms with van der Waals surface area (Å²) in [6.07, 6.45) is 2.35. The number of aromatic nitrogens is 1. The molecule has 6 heteroatoms. The molecule has 2 bridgehead atoms. The molecule has 3 saturated heterocycles. The van der Waals surface area contributed by atoms with Crippen LogP contribution in [0.15, 0.2) is 36.4 Å². The topological polar surface area (TPSA) is 66.4 Å². The molecule has 2 amide bonds. The minimum Gasteiger partial charge on any atom is -0.346 e. The van der Waals surface area contributed by atoms with Gasteiger partial charge in [-0.2, -0.15) is 0 Å². The predicted molar refractivity (Wildman–Crippen MR) is 110 cm³/mol. The summed E-state index contributed by atoms with van der Waals surface area (Å²) in [5, 5.41) is 6.07. The Morgan fingerprint density at radius 1 is 1.04 bits per heavy atom. The Hall–Kier alpha value is -2.60. The van der Waals surface area contributed by atoms with Crippen LogP contribution in [0.4, 0.5) is 5.69 Å². The van der Waals surface area contributed by atoms with Crippen molar-refractivity contribution in [3.8, 4) is 11.3 Å². The van der Waals surface area contributed by atoms with Crippen LogP contribution in [0.25, 0.3) is 11.3 Å². The highest BCUT2D eigenvalue weighted by molar-refractivity contribution is 5.94. The van der Waals surface area contributed by atoms with Gasteiger partial charge in [-0.1, -0.05) is 12.1 Å². The maximum atomic E-state index is 13.0. The second kappa shape index (κ2) is 7.43. The Morgan fingerprint density at radius 3 is 2.32 bits per heavy atom. The Labute approximate surface area is 165 Å². The van der Waals surface area contributed by atoms with Gasteiger partial charge in [0.1, 0.15) is 5.69 Å². The van der Waals surface area contributed by atoms with Crippen molar-refractivity contribution in [1.29, 1.82) is 0 Å². The molecule has 1 aromatic heterocycles. The summed E-state index contributed by atoms with van der Waals surface area (Å²) >= 11 is 0. The van der Waals surface area contributed by atoms with Crippen LogP contribution in [0.3, 0.4) is 0 Å². The van der Waals surface area contributed by atoms with E-state index in [1.54, 1.807) is 0 Å². The number of hydrogen-bond acceptors (Lipinski definition) is 3. The lowest BCUT2D eigenvalue weighted by Crippen LogP contribution is -2.62. The van der Waals surface area contributed by atoms with E-state index in [2.05, 4.69) is 22.5 Å². The lowest BCUT2D eigenvalue weighted by Gasteiger charge is -2.49. The minimum atomic E-state index is -0.0902. The van der Waals surface area contributed by atoms with Crippen molar-refractivity contribution in [3.63, 3.8) is 0 Å². The molecule has 0 saturated carbocycles. The molecular formula is C22H28N4O2. The van der Waals surface area contributed by atoms with Crippen LogP contribution in [0.2, 0.25) is 0 Å². The standard InChI is InChI=1S/C22H28N4O2/c1-14-21(17-10-12-26(14)13-11-17)24-22(28)20-9-8-19(25(20)3)16-4-6-18(7-5-16)23-15(2)27/h4-9,14,17,21H,10-13H2,1-3H3,(H,23,27)(H,24,28)/t14-,21-/m0/s1. The van der Waals surface area contributed by atoms with Crippen molar-refractivity contribution in [1.82, 2.24) is 14.8 Å². The summed E-state index contributed by atoms with van der Waals surface area (Å²) < 4.78 is 1.94. The monoisotopic (exact) mass is 380 g/mol. The molecule has 3 aliphatic rings. The van der Waals surface area contributed by atoms with Gasteiger partial charge in [0, 0.05) is 37.4 Å². The lowest BCUT2D eigenvalue weighted by molar-refractivity contribution is -0.114. The van der Waals surface area contributed by atoms with Gasteiger partial charge in [0.15, 0.2) is 0 Å². The molecule has 0 unspecified atom stereocenters. The fraction of sp³-hybridized carbons (Fsp3) is 0.455. The predicted octanol–water partition coefficient (Wildman–Crippen LogP) is 2.86. The number of carbonyl (C=O) groups is 2. The molecule has 0 spiro atoms. The smallest absolute Gasteiger partial charge is 0.268 e. The van der Waals surface area contributed by atoms with Crippen LogP contribution in [-0.2, 0) is 11.8 Å². The van der Waals surface area contributed by atoms with Crippen molar-refractivity contribution < 1.29 is 9.59 Å². The zero-order valence-corrected chi connectivity index (χ0v) is 16.7. The van der Waals surface area contributed by atoms with Crippen LogP contribution in [0.5, 0.6) is 0 Å². The van der Waals surface area contributed by atoms with E-state index in [9.17, 15) is 9.59 Å². The Kier molecular flexibility index (Phi) is 4.98. The van der Waals surface area contributed by atoms with Gasteiger partial charge < -0.3 is 15.2 Å². The van der Waals surface area contributed by atoms with Crippen molar-refractivity contribution in [2.45, 2.75) is 38.8 Å². The van der Waals surface area contributed by atoms with Gasteiger partial charge in [-0.05, 0) is 68.6 Å². The van der Waals surface area contributed by atoms with Gasteiger partial charge in [0.25, 0.3) is 5.91 Å². The molecule has 28 heavy (non-hydrogen) atoms. The first-order valence-electron chi connectivity index (χ1n) is 10.0. The minimum absolute atomic E-state index is 0.00536. The molecule has 2 aromatic rings. The first-order chi connectivity index (χ1) is 13.4. The molecule has 5 rings (SSSR count). The average molecular weight is 380 g/mol. The maximum Gasteiger partial charge on any atom is 0.268 e. The summed E-state index contributed by atoms with van der Waals surface area (Å²) in [5.41, 5.74) is 3.41. The molecule has 148 valence electrons. The van der Waals surface area contributed by atoms with E-state index in [1.807, 2.05) is 48.0 Å². The second-order valence-corrected chi connectivity index (χ2v) is 8.03. The van der Waals surface area contributed by atoms with Gasteiger partial charge in [-0.25, -0.2) is 0 Å². The number of rotatable bonds is 4. The van der Waals surface area contributed by atoms with E-state index in [1.165, 1.54) is 19.8 Å². The molecule has 0 radical (unpaired) electrons. The number of benzene rings is 1. The third-order valence-corrected chi connectivity index (χ3v) is 6.33. The largest absolute Gasteiger partial charge is 0.346 e. The number of anilines is 1. The number of carbonyl (C=O) groups excluding carboxylic acids is 2. The summed E-state index contributed by atoms with van der Waals surface area (Å²) in [5.74, 6) is 0.492. The Balaban J connectivity index is 1.50. The Morgan fingerprint density at radius 2 is 1.71 bits per heavy atom. The van der Waals surface area contributed by atoms with Gasteiger partial charge >= 0.3 is 0 Å². The van der Waals surface area contributed by atoms with Gasteiger partial charge in [0.05, 0.1) is 0 Å². The first kappa shape index (κ1) is 18.7. The normalized spacial score (nSPS) is 26.1. The van der Waals surface area contributed by atoms with E-state index >= 15 is 0 Å². The molecule has 6 nitrogen and oxygen atoms in total. The van der Waals surface area contributed by atoms with E-state index in [0.717, 1.165) is 30.0 Å². The number of amides is 2. The molecule has 2 atom stereocenters. The molecule has 3 aliphatic heterocycles. The summed E-state index contributed by atoms with van der Waals surface area (Å²) in [7, 11) is 1.92. The second-order valence-electron chi connectivity index (χ2n) is 8.03. The summed E-state index contributed by atoms with van der Waals surface area (Å²) in [6.45, 7) is 6.03. The number of nitrogens with one attached hydrogen (secondary N) is 2. The summed E-state index contributed by atoms with van der Waals surface area (Å²) in [4.78, 5) is 26.6. The van der Waals surface area contributed by atoms with Gasteiger partial charge in [0.2, 0.25) is 5.91 Å². The highest BCUT2D eigenvalue weighted by atomic mass is 16.2. The number of hydrogen-bond donors (Lipinski definition) is 2. The molecule has 2 N–H and O–H groups in total. The van der Waals surface area contributed by atoms with Gasteiger partial charge in [-0.15, -0.1) is 0 Å². The molecule has 1 aromatic carbocycles. The Bertz CT molecular complexity index is 876. The molecule has 4 heterocycles. The van der Waals surface area contributed by atoms with E-state index < -0.39 is 0 Å². The van der Waals surface area contributed by atoms with E-state index in [4.69, 9.17) is 0 Å². The highest BCUT2D eigenvalue weighted by Crippen LogP contribution is 2.32. The lowest BCUT2D eigenvalue weighted by atomic mass is 9.79. The fourth-order valence-corrected chi connectivity index (χ4v) is 4.73. The molecule has 0 aliphatic carbocycles. The molecule has 3 fully saturated rings. The zero-order chi connectivity index (χ0) is 19.8. The number of fused-ring (bicyclic) bond motifs is 3. The zero-order valence-electron chi connectivity index (χ0n) is 16.7. The van der Waals surface area contributed by atoms with Crippen LogP contribution < -0.4 is 10.6 Å². The van der Waals surface area contributed by atoms with Gasteiger partial charge in [-0.3, -0.25) is 14.5 Å². The SMILES string of the molecule is CC(=O)Nc1ccc(-c2ccc(C(=O)N[C@@H]3C4CCN(CC4)[C@H]3C)n2C)cc1. The summed E-state index contributed by atoms with van der Waals surface area (Å²) in [6, 6.07) is 12.1.